The number of hydrogen-bond acceptors (Lipinski definition) is 4. The van der Waals surface area contributed by atoms with Crippen molar-refractivity contribution in [3.05, 3.63) is 36.2 Å². The van der Waals surface area contributed by atoms with Crippen molar-refractivity contribution in [2.45, 2.75) is 19.9 Å². The van der Waals surface area contributed by atoms with Gasteiger partial charge < -0.3 is 19.5 Å². The Morgan fingerprint density at radius 3 is 2.81 bits per heavy atom. The molecule has 0 bridgehead atoms. The molecule has 21 heavy (non-hydrogen) atoms. The third-order valence-corrected chi connectivity index (χ3v) is 3.50. The standard InChI is InChI=1S/C16H24N4O/c1-12-6-7-14(10-15(12)19(3)4)18-16-17-8-9-20(16)13(2)11-21-5/h6-10,13H,11H2,1-5H3,(H,17,18). The molecule has 114 valence electrons. The van der Waals surface area contributed by atoms with Crippen LogP contribution in [0.1, 0.15) is 18.5 Å². The van der Waals surface area contributed by atoms with Gasteiger partial charge in [0.1, 0.15) is 0 Å². The van der Waals surface area contributed by atoms with E-state index in [-0.39, 0.29) is 6.04 Å². The smallest absolute Gasteiger partial charge is 0.207 e. The molecule has 1 unspecified atom stereocenters. The third-order valence-electron chi connectivity index (χ3n) is 3.50. The average molecular weight is 288 g/mol. The van der Waals surface area contributed by atoms with Crippen molar-refractivity contribution in [1.29, 1.82) is 0 Å². The van der Waals surface area contributed by atoms with Crippen molar-refractivity contribution in [2.24, 2.45) is 0 Å². The molecule has 0 fully saturated rings. The maximum atomic E-state index is 5.22. The number of aromatic nitrogens is 2. The lowest BCUT2D eigenvalue weighted by atomic mass is 10.1. The van der Waals surface area contributed by atoms with Crippen molar-refractivity contribution >= 4 is 17.3 Å². The number of rotatable bonds is 6. The molecule has 1 heterocycles. The monoisotopic (exact) mass is 288 g/mol. The molecular weight excluding hydrogens is 264 g/mol. The van der Waals surface area contributed by atoms with E-state index in [2.05, 4.69) is 51.8 Å². The van der Waals surface area contributed by atoms with Gasteiger partial charge in [-0.2, -0.15) is 0 Å². The lowest BCUT2D eigenvalue weighted by molar-refractivity contribution is 0.163. The Morgan fingerprint density at radius 2 is 2.14 bits per heavy atom. The molecule has 1 aromatic carbocycles. The van der Waals surface area contributed by atoms with Crippen LogP contribution >= 0.6 is 0 Å². The molecule has 1 aromatic heterocycles. The predicted octanol–water partition coefficient (Wildman–Crippen LogP) is 3.21. The molecule has 0 aliphatic heterocycles. The molecule has 2 aromatic rings. The van der Waals surface area contributed by atoms with Crippen LogP contribution in [0.3, 0.4) is 0 Å². The first-order valence-corrected chi connectivity index (χ1v) is 7.09. The quantitative estimate of drug-likeness (QED) is 0.886. The summed E-state index contributed by atoms with van der Waals surface area (Å²) in [5.41, 5.74) is 3.48. The van der Waals surface area contributed by atoms with E-state index >= 15 is 0 Å². The van der Waals surface area contributed by atoms with Crippen LogP contribution in [0.2, 0.25) is 0 Å². The summed E-state index contributed by atoms with van der Waals surface area (Å²) >= 11 is 0. The summed E-state index contributed by atoms with van der Waals surface area (Å²) in [4.78, 5) is 6.51. The van der Waals surface area contributed by atoms with Crippen LogP contribution in [0, 0.1) is 6.92 Å². The SMILES string of the molecule is COCC(C)n1ccnc1Nc1ccc(C)c(N(C)C)c1. The molecule has 5 heteroatoms. The van der Waals surface area contributed by atoms with Gasteiger partial charge in [0.05, 0.1) is 12.6 Å². The first-order valence-electron chi connectivity index (χ1n) is 7.09. The Balaban J connectivity index is 2.23. The van der Waals surface area contributed by atoms with Gasteiger partial charge in [-0.05, 0) is 31.5 Å². The zero-order chi connectivity index (χ0) is 15.4. The topological polar surface area (TPSA) is 42.3 Å². The molecule has 2 rings (SSSR count). The molecule has 0 aliphatic rings. The molecular formula is C16H24N4O. The number of nitrogens with one attached hydrogen (secondary N) is 1. The highest BCUT2D eigenvalue weighted by atomic mass is 16.5. The highest BCUT2D eigenvalue weighted by molar-refractivity contribution is 5.65. The fourth-order valence-corrected chi connectivity index (χ4v) is 2.39. The molecule has 0 spiro atoms. The van der Waals surface area contributed by atoms with Gasteiger partial charge in [-0.1, -0.05) is 6.07 Å². The third kappa shape index (κ3) is 3.55. The minimum atomic E-state index is 0.235. The number of imidazole rings is 1. The van der Waals surface area contributed by atoms with E-state index < -0.39 is 0 Å². The van der Waals surface area contributed by atoms with Gasteiger partial charge in [-0.25, -0.2) is 4.98 Å². The van der Waals surface area contributed by atoms with E-state index in [9.17, 15) is 0 Å². The van der Waals surface area contributed by atoms with Crippen molar-refractivity contribution in [1.82, 2.24) is 9.55 Å². The predicted molar refractivity (Wildman–Crippen MR) is 87.6 cm³/mol. The number of nitrogens with zero attached hydrogens (tertiary/aromatic N) is 3. The van der Waals surface area contributed by atoms with Crippen molar-refractivity contribution < 1.29 is 4.74 Å². The summed E-state index contributed by atoms with van der Waals surface area (Å²) in [5.74, 6) is 0.827. The summed E-state index contributed by atoms with van der Waals surface area (Å²) in [6.45, 7) is 4.87. The summed E-state index contributed by atoms with van der Waals surface area (Å²) in [6, 6.07) is 6.56. The van der Waals surface area contributed by atoms with Crippen LogP contribution in [0.15, 0.2) is 30.6 Å². The van der Waals surface area contributed by atoms with Crippen LogP contribution < -0.4 is 10.2 Å². The fourth-order valence-electron chi connectivity index (χ4n) is 2.39. The molecule has 0 radical (unpaired) electrons. The minimum Gasteiger partial charge on any atom is -0.383 e. The van der Waals surface area contributed by atoms with E-state index in [1.54, 1.807) is 13.3 Å². The number of anilines is 3. The maximum Gasteiger partial charge on any atom is 0.207 e. The Hall–Kier alpha value is -2.01. The number of benzene rings is 1. The van der Waals surface area contributed by atoms with Gasteiger partial charge in [-0.15, -0.1) is 0 Å². The second-order valence-corrected chi connectivity index (χ2v) is 5.48. The Kier molecular flexibility index (Phi) is 4.85. The summed E-state index contributed by atoms with van der Waals surface area (Å²) in [5, 5.41) is 3.38. The first-order chi connectivity index (χ1) is 10.0. The molecule has 5 nitrogen and oxygen atoms in total. The molecule has 0 aliphatic carbocycles. The maximum absolute atomic E-state index is 5.22. The van der Waals surface area contributed by atoms with E-state index in [0.29, 0.717) is 6.61 Å². The van der Waals surface area contributed by atoms with Gasteiger partial charge in [0.2, 0.25) is 5.95 Å². The molecule has 0 saturated carbocycles. The second kappa shape index (κ2) is 6.63. The number of hydrogen-bond donors (Lipinski definition) is 1. The van der Waals surface area contributed by atoms with E-state index in [1.165, 1.54) is 11.3 Å². The van der Waals surface area contributed by atoms with Crippen LogP contribution in [-0.2, 0) is 4.74 Å². The lowest BCUT2D eigenvalue weighted by Crippen LogP contribution is -2.13. The second-order valence-electron chi connectivity index (χ2n) is 5.48. The number of aryl methyl sites for hydroxylation is 1. The molecule has 0 saturated heterocycles. The van der Waals surface area contributed by atoms with E-state index in [4.69, 9.17) is 4.74 Å². The average Bonchev–Trinajstić information content (AvgIpc) is 2.89. The molecule has 1 atom stereocenters. The molecule has 0 amide bonds. The van der Waals surface area contributed by atoms with Gasteiger partial charge >= 0.3 is 0 Å². The lowest BCUT2D eigenvalue weighted by Gasteiger charge is -2.19. The van der Waals surface area contributed by atoms with Crippen molar-refractivity contribution in [2.75, 3.05) is 38.0 Å². The summed E-state index contributed by atoms with van der Waals surface area (Å²) in [6.07, 6.45) is 3.77. The highest BCUT2D eigenvalue weighted by Gasteiger charge is 2.10. The van der Waals surface area contributed by atoms with E-state index in [0.717, 1.165) is 11.6 Å². The van der Waals surface area contributed by atoms with Crippen LogP contribution in [0.5, 0.6) is 0 Å². The van der Waals surface area contributed by atoms with Gasteiger partial charge in [0, 0.05) is 45.0 Å². The zero-order valence-corrected chi connectivity index (χ0v) is 13.4. The summed E-state index contributed by atoms with van der Waals surface area (Å²) in [7, 11) is 5.81. The van der Waals surface area contributed by atoms with Crippen LogP contribution in [0.4, 0.5) is 17.3 Å². The van der Waals surface area contributed by atoms with Crippen molar-refractivity contribution in [3.63, 3.8) is 0 Å². The van der Waals surface area contributed by atoms with Crippen molar-refractivity contribution in [3.8, 4) is 0 Å². The molecule has 1 N–H and O–H groups in total. The Labute approximate surface area is 126 Å². The normalized spacial score (nSPS) is 12.2. The minimum absolute atomic E-state index is 0.235. The highest BCUT2D eigenvalue weighted by Crippen LogP contribution is 2.25. The fraction of sp³-hybridized carbons (Fsp3) is 0.438. The Bertz CT molecular complexity index is 592. The zero-order valence-electron chi connectivity index (χ0n) is 13.4. The number of methoxy groups -OCH3 is 1. The summed E-state index contributed by atoms with van der Waals surface area (Å²) < 4.78 is 7.30. The van der Waals surface area contributed by atoms with Gasteiger partial charge in [0.15, 0.2) is 0 Å². The van der Waals surface area contributed by atoms with Gasteiger partial charge in [0.25, 0.3) is 0 Å². The van der Waals surface area contributed by atoms with Crippen LogP contribution in [0.25, 0.3) is 0 Å². The number of ether oxygens (including phenoxy) is 1. The largest absolute Gasteiger partial charge is 0.383 e. The Morgan fingerprint density at radius 1 is 1.38 bits per heavy atom. The van der Waals surface area contributed by atoms with Gasteiger partial charge in [-0.3, -0.25) is 0 Å². The van der Waals surface area contributed by atoms with Crippen LogP contribution in [-0.4, -0.2) is 37.4 Å². The first kappa shape index (κ1) is 15.4. The van der Waals surface area contributed by atoms with E-state index in [1.807, 2.05) is 20.3 Å².